The van der Waals surface area contributed by atoms with Crippen molar-refractivity contribution in [3.63, 3.8) is 0 Å². The third-order valence-electron chi connectivity index (χ3n) is 3.88. The Balaban J connectivity index is 1.73. The summed E-state index contributed by atoms with van der Waals surface area (Å²) in [6.07, 6.45) is 6.82. The lowest BCUT2D eigenvalue weighted by Gasteiger charge is -2.02. The summed E-state index contributed by atoms with van der Waals surface area (Å²) in [7, 11) is 0. The molecule has 0 aliphatic rings. The van der Waals surface area contributed by atoms with Crippen molar-refractivity contribution in [1.82, 2.24) is 34.3 Å². The lowest BCUT2D eigenvalue weighted by atomic mass is 10.3. The van der Waals surface area contributed by atoms with Crippen LogP contribution in [-0.2, 0) is 0 Å². The van der Waals surface area contributed by atoms with E-state index in [9.17, 15) is 0 Å². The van der Waals surface area contributed by atoms with Crippen LogP contribution < -0.4 is 0 Å². The van der Waals surface area contributed by atoms with Crippen molar-refractivity contribution >= 4 is 28.3 Å². The van der Waals surface area contributed by atoms with E-state index in [1.807, 2.05) is 36.4 Å². The predicted molar refractivity (Wildman–Crippen MR) is 93.7 cm³/mol. The Morgan fingerprint density at radius 2 is 1.96 bits per heavy atom. The van der Waals surface area contributed by atoms with Gasteiger partial charge in [-0.3, -0.25) is 4.98 Å². The van der Waals surface area contributed by atoms with Crippen LogP contribution in [0, 0.1) is 0 Å². The minimum Gasteiger partial charge on any atom is -0.264 e. The molecule has 4 heterocycles. The lowest BCUT2D eigenvalue weighted by molar-refractivity contribution is 0.882. The van der Waals surface area contributed by atoms with Crippen LogP contribution in [0.15, 0.2) is 61.3 Å². The maximum Gasteiger partial charge on any atom is 0.183 e. The van der Waals surface area contributed by atoms with Gasteiger partial charge in [0.25, 0.3) is 0 Å². The van der Waals surface area contributed by atoms with Crippen LogP contribution in [0.25, 0.3) is 33.8 Å². The van der Waals surface area contributed by atoms with Crippen molar-refractivity contribution in [3.8, 4) is 17.1 Å². The van der Waals surface area contributed by atoms with Crippen molar-refractivity contribution in [2.45, 2.75) is 0 Å². The van der Waals surface area contributed by atoms with Crippen molar-refractivity contribution in [1.29, 1.82) is 0 Å². The molecule has 0 fully saturated rings. The number of hydrogen-bond acceptors (Lipinski definition) is 5. The Labute approximate surface area is 146 Å². The van der Waals surface area contributed by atoms with Gasteiger partial charge >= 0.3 is 0 Å². The number of benzene rings is 1. The molecule has 0 unspecified atom stereocenters. The Bertz CT molecular complexity index is 1210. The van der Waals surface area contributed by atoms with Crippen LogP contribution in [0.2, 0.25) is 5.02 Å². The summed E-state index contributed by atoms with van der Waals surface area (Å²) in [4.78, 5) is 13.2. The van der Waals surface area contributed by atoms with E-state index in [-0.39, 0.29) is 0 Å². The quantitative estimate of drug-likeness (QED) is 0.490. The third-order valence-corrected chi connectivity index (χ3v) is 4.11. The molecule has 0 atom stereocenters. The van der Waals surface area contributed by atoms with Gasteiger partial charge in [0.15, 0.2) is 17.1 Å². The van der Waals surface area contributed by atoms with Gasteiger partial charge in [-0.1, -0.05) is 17.7 Å². The maximum absolute atomic E-state index is 6.09. The molecule has 0 spiro atoms. The normalized spacial score (nSPS) is 11.4. The van der Waals surface area contributed by atoms with Crippen LogP contribution in [0.4, 0.5) is 0 Å². The van der Waals surface area contributed by atoms with Crippen LogP contribution in [0.5, 0.6) is 0 Å². The average Bonchev–Trinajstić information content (AvgIpc) is 3.26. The van der Waals surface area contributed by atoms with Gasteiger partial charge in [-0.15, -0.1) is 5.10 Å². The maximum atomic E-state index is 6.09. The molecule has 0 amide bonds. The van der Waals surface area contributed by atoms with E-state index in [1.54, 1.807) is 34.1 Å². The number of aromatic nitrogens is 7. The highest BCUT2D eigenvalue weighted by atomic mass is 35.5. The molecule has 0 saturated heterocycles. The zero-order valence-electron chi connectivity index (χ0n) is 12.8. The first-order valence-corrected chi connectivity index (χ1v) is 7.93. The molecule has 5 rings (SSSR count). The number of fused-ring (bicyclic) bond motifs is 3. The second-order valence-electron chi connectivity index (χ2n) is 5.46. The minimum atomic E-state index is 0.595. The fourth-order valence-electron chi connectivity index (χ4n) is 2.73. The van der Waals surface area contributed by atoms with E-state index in [0.717, 1.165) is 16.6 Å². The fourth-order valence-corrected chi connectivity index (χ4v) is 2.92. The van der Waals surface area contributed by atoms with Gasteiger partial charge in [0.05, 0.1) is 17.3 Å². The molecule has 0 aliphatic heterocycles. The van der Waals surface area contributed by atoms with E-state index < -0.39 is 0 Å². The number of halogens is 1. The number of pyridine rings is 1. The standard InChI is InChI=1S/C17H10ClN7/c18-12-4-1-5-13(7-12)25-16-14(9-21-25)17-22-15(23-24(17)10-20-16)11-3-2-6-19-8-11/h1-10H. The summed E-state index contributed by atoms with van der Waals surface area (Å²) in [5, 5.41) is 10.4. The first-order chi connectivity index (χ1) is 12.3. The summed E-state index contributed by atoms with van der Waals surface area (Å²) < 4.78 is 3.38. The summed E-state index contributed by atoms with van der Waals surface area (Å²) in [6.45, 7) is 0. The highest BCUT2D eigenvalue weighted by Crippen LogP contribution is 2.23. The van der Waals surface area contributed by atoms with Crippen LogP contribution in [-0.4, -0.2) is 34.3 Å². The number of hydrogen-bond donors (Lipinski definition) is 0. The largest absolute Gasteiger partial charge is 0.264 e. The Morgan fingerprint density at radius 1 is 1.00 bits per heavy atom. The molecule has 25 heavy (non-hydrogen) atoms. The van der Waals surface area contributed by atoms with Gasteiger partial charge in [0, 0.05) is 23.0 Å². The second-order valence-corrected chi connectivity index (χ2v) is 5.90. The molecule has 0 radical (unpaired) electrons. The molecule has 8 heteroatoms. The van der Waals surface area contributed by atoms with Crippen LogP contribution in [0.3, 0.4) is 0 Å². The van der Waals surface area contributed by atoms with Crippen LogP contribution >= 0.6 is 11.6 Å². The predicted octanol–water partition coefficient (Wildman–Crippen LogP) is 3.18. The molecule has 5 aromatic rings. The molecule has 0 saturated carbocycles. The molecule has 120 valence electrons. The molecular weight excluding hydrogens is 338 g/mol. The highest BCUT2D eigenvalue weighted by Gasteiger charge is 2.14. The first-order valence-electron chi connectivity index (χ1n) is 7.55. The average molecular weight is 348 g/mol. The topological polar surface area (TPSA) is 73.8 Å². The summed E-state index contributed by atoms with van der Waals surface area (Å²) in [5.41, 5.74) is 3.07. The molecule has 1 aromatic carbocycles. The Kier molecular flexibility index (Phi) is 3.01. The van der Waals surface area contributed by atoms with Crippen molar-refractivity contribution < 1.29 is 0 Å². The molecule has 0 N–H and O–H groups in total. The van der Waals surface area contributed by atoms with E-state index in [4.69, 9.17) is 11.6 Å². The first kappa shape index (κ1) is 14.1. The van der Waals surface area contributed by atoms with Crippen molar-refractivity contribution in [2.24, 2.45) is 0 Å². The zero-order chi connectivity index (χ0) is 16.8. The fraction of sp³-hybridized carbons (Fsp3) is 0. The highest BCUT2D eigenvalue weighted by molar-refractivity contribution is 6.30. The Hall–Kier alpha value is -3.32. The molecule has 4 aromatic heterocycles. The SMILES string of the molecule is Clc1cccc(-n2ncc3c2ncn2nc(-c4cccnc4)nc32)c1. The monoisotopic (exact) mass is 347 g/mol. The Morgan fingerprint density at radius 3 is 2.80 bits per heavy atom. The zero-order valence-corrected chi connectivity index (χ0v) is 13.5. The van der Waals surface area contributed by atoms with Gasteiger partial charge < -0.3 is 0 Å². The van der Waals surface area contributed by atoms with E-state index >= 15 is 0 Å². The summed E-state index contributed by atoms with van der Waals surface area (Å²) in [6, 6.07) is 11.2. The van der Waals surface area contributed by atoms with Gasteiger partial charge in [-0.05, 0) is 30.3 Å². The van der Waals surface area contributed by atoms with E-state index in [2.05, 4.69) is 25.1 Å². The molecular formula is C17H10ClN7. The van der Waals surface area contributed by atoms with Crippen molar-refractivity contribution in [2.75, 3.05) is 0 Å². The summed E-state index contributed by atoms with van der Waals surface area (Å²) in [5.74, 6) is 0.595. The van der Waals surface area contributed by atoms with E-state index in [0.29, 0.717) is 22.1 Å². The smallest absolute Gasteiger partial charge is 0.183 e. The molecule has 7 nitrogen and oxygen atoms in total. The van der Waals surface area contributed by atoms with Gasteiger partial charge in [-0.2, -0.15) is 5.10 Å². The van der Waals surface area contributed by atoms with Gasteiger partial charge in [0.1, 0.15) is 6.33 Å². The van der Waals surface area contributed by atoms with Gasteiger partial charge in [-0.25, -0.2) is 19.2 Å². The second kappa shape index (κ2) is 5.35. The van der Waals surface area contributed by atoms with Crippen LogP contribution in [0.1, 0.15) is 0 Å². The molecule has 0 aliphatic carbocycles. The lowest BCUT2D eigenvalue weighted by Crippen LogP contribution is -1.98. The number of nitrogens with zero attached hydrogens (tertiary/aromatic N) is 7. The third kappa shape index (κ3) is 2.25. The van der Waals surface area contributed by atoms with E-state index in [1.165, 1.54) is 0 Å². The van der Waals surface area contributed by atoms with Gasteiger partial charge in [0.2, 0.25) is 0 Å². The molecule has 0 bridgehead atoms. The summed E-state index contributed by atoms with van der Waals surface area (Å²) >= 11 is 6.09. The minimum absolute atomic E-state index is 0.595. The van der Waals surface area contributed by atoms with Crippen molar-refractivity contribution in [3.05, 3.63) is 66.3 Å². The number of rotatable bonds is 2.